The van der Waals surface area contributed by atoms with Crippen molar-refractivity contribution in [2.24, 2.45) is 11.8 Å². The van der Waals surface area contributed by atoms with Crippen LogP contribution in [0.15, 0.2) is 21.7 Å². The van der Waals surface area contributed by atoms with Gasteiger partial charge in [0.05, 0.1) is 26.8 Å². The largest absolute Gasteiger partial charge is 0.491 e. The highest BCUT2D eigenvalue weighted by Gasteiger charge is 2.22. The molecule has 0 amide bonds. The van der Waals surface area contributed by atoms with E-state index in [1.807, 2.05) is 34.4 Å². The molecule has 0 aliphatic carbocycles. The van der Waals surface area contributed by atoms with E-state index in [-0.39, 0.29) is 0 Å². The number of thioether (sulfide) groups is 1. The second-order valence-corrected chi connectivity index (χ2v) is 17.6. The molecule has 2 nitrogen and oxygen atoms in total. The van der Waals surface area contributed by atoms with Crippen molar-refractivity contribution in [2.45, 2.75) is 186 Å². The Hall–Kier alpha value is -0.910. The Bertz CT molecular complexity index is 1130. The van der Waals surface area contributed by atoms with Crippen molar-refractivity contribution in [1.82, 2.24) is 0 Å². The molecule has 0 bridgehead atoms. The number of fused-ring (bicyclic) bond motifs is 2. The molecule has 0 saturated carbocycles. The highest BCUT2D eigenvalue weighted by atomic mass is 32.2. The van der Waals surface area contributed by atoms with Gasteiger partial charge in [0.2, 0.25) is 0 Å². The van der Waals surface area contributed by atoms with Crippen molar-refractivity contribution >= 4 is 54.6 Å². The molecule has 2 atom stereocenters. The van der Waals surface area contributed by atoms with Gasteiger partial charge in [-0.1, -0.05) is 156 Å². The third-order valence-corrected chi connectivity index (χ3v) is 13.4. The van der Waals surface area contributed by atoms with Crippen molar-refractivity contribution in [3.05, 3.63) is 17.5 Å². The first kappa shape index (κ1) is 41.5. The number of unbranched alkanes of at least 4 members (excludes halogenated alkanes) is 16. The highest BCUT2D eigenvalue weighted by Crippen LogP contribution is 2.50. The molecule has 0 radical (unpaired) electrons. The molecule has 0 aliphatic rings. The lowest BCUT2D eigenvalue weighted by atomic mass is 9.95. The summed E-state index contributed by atoms with van der Waals surface area (Å²) in [6.45, 7) is 10.9. The van der Waals surface area contributed by atoms with Gasteiger partial charge in [0, 0.05) is 10.8 Å². The zero-order valence-corrected chi connectivity index (χ0v) is 34.3. The van der Waals surface area contributed by atoms with E-state index in [0.717, 1.165) is 24.7 Å². The van der Waals surface area contributed by atoms with Gasteiger partial charge in [-0.15, -0.1) is 34.4 Å². The van der Waals surface area contributed by atoms with Crippen LogP contribution in [-0.4, -0.2) is 19.5 Å². The van der Waals surface area contributed by atoms with Gasteiger partial charge in [-0.25, -0.2) is 0 Å². The Kier molecular flexibility index (Phi) is 22.4. The highest BCUT2D eigenvalue weighted by molar-refractivity contribution is 8.00. The fourth-order valence-electron chi connectivity index (χ4n) is 7.17. The second kappa shape index (κ2) is 26.0. The van der Waals surface area contributed by atoms with E-state index in [1.54, 1.807) is 0 Å². The van der Waals surface area contributed by atoms with Crippen LogP contribution in [0.3, 0.4) is 0 Å². The zero-order valence-electron chi connectivity index (χ0n) is 31.8. The molecular weight excluding hydrogens is 645 g/mol. The van der Waals surface area contributed by atoms with Crippen LogP contribution in [-0.2, 0) is 0 Å². The lowest BCUT2D eigenvalue weighted by molar-refractivity contribution is 0.226. The standard InChI is InChI=1S/C43H72O2S3/c1-6-10-14-18-20-24-28-35(26-22-16-12-8-3)33-44-40-37-30-31-47-42(37)41(38-32-39(46-5)48-43(38)40)45-34-36(27-23-17-13-9-4)29-25-21-19-15-11-7-2/h30-32,35-36H,6-29,33-34H2,1-5H3. The van der Waals surface area contributed by atoms with E-state index >= 15 is 0 Å². The first-order valence-electron chi connectivity index (χ1n) is 20.4. The van der Waals surface area contributed by atoms with E-state index in [9.17, 15) is 0 Å². The molecule has 3 rings (SSSR count). The summed E-state index contributed by atoms with van der Waals surface area (Å²) in [6.07, 6.45) is 34.5. The van der Waals surface area contributed by atoms with Crippen LogP contribution in [0.5, 0.6) is 11.5 Å². The number of hydrogen-bond donors (Lipinski definition) is 0. The number of benzene rings is 1. The van der Waals surface area contributed by atoms with Crippen molar-refractivity contribution in [3.63, 3.8) is 0 Å². The molecule has 1 aromatic carbocycles. The maximum absolute atomic E-state index is 6.97. The average Bonchev–Trinajstić information content (AvgIpc) is 3.76. The average molecular weight is 717 g/mol. The Labute approximate surface area is 308 Å². The fraction of sp³-hybridized carbons (Fsp3) is 0.767. The quantitative estimate of drug-likeness (QED) is 0.0488. The van der Waals surface area contributed by atoms with Gasteiger partial charge < -0.3 is 9.47 Å². The molecule has 5 heteroatoms. The first-order valence-corrected chi connectivity index (χ1v) is 23.3. The van der Waals surface area contributed by atoms with Gasteiger partial charge in [0.25, 0.3) is 0 Å². The predicted molar refractivity (Wildman–Crippen MR) is 220 cm³/mol. The molecular formula is C43H72O2S3. The van der Waals surface area contributed by atoms with Crippen LogP contribution < -0.4 is 9.47 Å². The molecule has 0 fully saturated rings. The van der Waals surface area contributed by atoms with Gasteiger partial charge in [-0.05, 0) is 61.3 Å². The van der Waals surface area contributed by atoms with Crippen molar-refractivity contribution < 1.29 is 9.47 Å². The molecule has 2 heterocycles. The molecule has 3 aromatic rings. The minimum absolute atomic E-state index is 0.642. The van der Waals surface area contributed by atoms with Crippen LogP contribution in [0.4, 0.5) is 0 Å². The SMILES string of the molecule is CCCCCCCCC(CCCCCC)COc1c2cc(SC)sc2c(OCC(CCCCCC)CCCCCCCC)c2ccsc12. The Morgan fingerprint density at radius 2 is 0.958 bits per heavy atom. The van der Waals surface area contributed by atoms with Gasteiger partial charge in [-0.2, -0.15) is 0 Å². The fourth-order valence-corrected chi connectivity index (χ4v) is 9.80. The number of thiophene rings is 2. The van der Waals surface area contributed by atoms with Crippen molar-refractivity contribution in [1.29, 1.82) is 0 Å². The summed E-state index contributed by atoms with van der Waals surface area (Å²) in [5.74, 6) is 3.51. The van der Waals surface area contributed by atoms with Crippen LogP contribution in [0.25, 0.3) is 20.2 Å². The molecule has 48 heavy (non-hydrogen) atoms. The third-order valence-electron chi connectivity index (χ3n) is 10.3. The van der Waals surface area contributed by atoms with Gasteiger partial charge >= 0.3 is 0 Å². The lowest BCUT2D eigenvalue weighted by Crippen LogP contribution is -2.14. The topological polar surface area (TPSA) is 18.5 Å². The summed E-state index contributed by atoms with van der Waals surface area (Å²) < 4.78 is 17.9. The normalized spacial score (nSPS) is 13.1. The zero-order chi connectivity index (χ0) is 34.2. The third kappa shape index (κ3) is 14.7. The Morgan fingerprint density at radius 1 is 0.542 bits per heavy atom. The van der Waals surface area contributed by atoms with E-state index < -0.39 is 0 Å². The van der Waals surface area contributed by atoms with Gasteiger partial charge in [0.1, 0.15) is 11.5 Å². The number of rotatable bonds is 31. The summed E-state index contributed by atoms with van der Waals surface area (Å²) in [7, 11) is 0. The monoisotopic (exact) mass is 716 g/mol. The van der Waals surface area contributed by atoms with E-state index in [2.05, 4.69) is 51.5 Å². The maximum atomic E-state index is 6.97. The van der Waals surface area contributed by atoms with Gasteiger partial charge in [-0.3, -0.25) is 0 Å². The summed E-state index contributed by atoms with van der Waals surface area (Å²) in [5, 5.41) is 4.78. The summed E-state index contributed by atoms with van der Waals surface area (Å²) >= 11 is 5.59. The first-order chi connectivity index (χ1) is 23.7. The molecule has 274 valence electrons. The summed E-state index contributed by atoms with van der Waals surface area (Å²) in [5.41, 5.74) is 0. The lowest BCUT2D eigenvalue weighted by Gasteiger charge is -2.21. The number of ether oxygens (including phenoxy) is 2. The van der Waals surface area contributed by atoms with Crippen LogP contribution in [0.1, 0.15) is 182 Å². The molecule has 2 unspecified atom stereocenters. The van der Waals surface area contributed by atoms with Crippen molar-refractivity contribution in [2.75, 3.05) is 19.5 Å². The van der Waals surface area contributed by atoms with E-state index in [4.69, 9.17) is 9.47 Å². The Balaban J connectivity index is 1.76. The number of hydrogen-bond acceptors (Lipinski definition) is 5. The van der Waals surface area contributed by atoms with Crippen LogP contribution >= 0.6 is 34.4 Å². The second-order valence-electron chi connectivity index (χ2n) is 14.5. The molecule has 2 aromatic heterocycles. The minimum Gasteiger partial charge on any atom is -0.491 e. The molecule has 0 saturated heterocycles. The minimum atomic E-state index is 0.642. The maximum Gasteiger partial charge on any atom is 0.146 e. The summed E-state index contributed by atoms with van der Waals surface area (Å²) in [6, 6.07) is 4.68. The smallest absolute Gasteiger partial charge is 0.146 e. The van der Waals surface area contributed by atoms with Crippen LogP contribution in [0.2, 0.25) is 0 Å². The molecule has 0 N–H and O–H groups in total. The molecule has 0 spiro atoms. The summed E-state index contributed by atoms with van der Waals surface area (Å²) in [4.78, 5) is 0. The van der Waals surface area contributed by atoms with E-state index in [0.29, 0.717) is 11.8 Å². The Morgan fingerprint density at radius 3 is 1.42 bits per heavy atom. The van der Waals surface area contributed by atoms with Gasteiger partial charge in [0.15, 0.2) is 0 Å². The van der Waals surface area contributed by atoms with E-state index in [1.165, 1.54) is 178 Å². The molecule has 0 aliphatic heterocycles. The predicted octanol–water partition coefficient (Wildman–Crippen LogP) is 16.3. The van der Waals surface area contributed by atoms with Crippen molar-refractivity contribution in [3.8, 4) is 11.5 Å². The van der Waals surface area contributed by atoms with Crippen LogP contribution in [0, 0.1) is 11.8 Å².